The molecule has 0 fully saturated rings. The minimum Gasteiger partial charge on any atom is -0.489 e. The van der Waals surface area contributed by atoms with E-state index in [-0.39, 0.29) is 5.91 Å². The molecule has 0 aliphatic carbocycles. The molecule has 0 saturated carbocycles. The van der Waals surface area contributed by atoms with Crippen LogP contribution >= 0.6 is 11.6 Å². The summed E-state index contributed by atoms with van der Waals surface area (Å²) in [5.41, 5.74) is 6.92. The molecule has 110 valence electrons. The molecular weight excluding hydrogens is 288 g/mol. The molecule has 2 rings (SSSR count). The number of hydrogen-bond acceptors (Lipinski definition) is 3. The lowest BCUT2D eigenvalue weighted by Crippen LogP contribution is -2.28. The minimum absolute atomic E-state index is 0.137. The second-order valence-corrected chi connectivity index (χ2v) is 4.92. The first kappa shape index (κ1) is 15.4. The van der Waals surface area contributed by atoms with E-state index in [4.69, 9.17) is 22.1 Å². The second kappa shape index (κ2) is 7.67. The van der Waals surface area contributed by atoms with Gasteiger partial charge < -0.3 is 15.8 Å². The van der Waals surface area contributed by atoms with Crippen LogP contribution in [0.4, 0.5) is 0 Å². The van der Waals surface area contributed by atoms with E-state index in [0.29, 0.717) is 36.0 Å². The van der Waals surface area contributed by atoms with E-state index < -0.39 is 0 Å². The van der Waals surface area contributed by atoms with Gasteiger partial charge in [0, 0.05) is 23.7 Å². The normalized spacial score (nSPS) is 10.2. The molecule has 0 spiro atoms. The first-order chi connectivity index (χ1) is 10.2. The Morgan fingerprint density at radius 2 is 1.95 bits per heavy atom. The van der Waals surface area contributed by atoms with E-state index >= 15 is 0 Å². The number of nitrogens with two attached hydrogens (primary N) is 1. The van der Waals surface area contributed by atoms with Crippen molar-refractivity contribution >= 4 is 17.5 Å². The molecule has 0 radical (unpaired) electrons. The van der Waals surface area contributed by atoms with Gasteiger partial charge in [0.05, 0.1) is 0 Å². The van der Waals surface area contributed by atoms with Crippen LogP contribution < -0.4 is 15.8 Å². The molecule has 0 aliphatic rings. The van der Waals surface area contributed by atoms with Gasteiger partial charge in [0.25, 0.3) is 5.91 Å². The maximum atomic E-state index is 11.7. The van der Waals surface area contributed by atoms with Crippen LogP contribution in [0.3, 0.4) is 0 Å². The summed E-state index contributed by atoms with van der Waals surface area (Å²) in [7, 11) is 0. The molecule has 0 heterocycles. The Balaban J connectivity index is 1.92. The highest BCUT2D eigenvalue weighted by Gasteiger charge is 2.04. The first-order valence-electron chi connectivity index (χ1n) is 6.64. The minimum atomic E-state index is -0.137. The number of halogens is 1. The van der Waals surface area contributed by atoms with Gasteiger partial charge in [0.2, 0.25) is 0 Å². The highest BCUT2D eigenvalue weighted by atomic mass is 35.5. The predicted octanol–water partition coefficient (Wildman–Crippen LogP) is 2.61. The van der Waals surface area contributed by atoms with E-state index in [1.54, 1.807) is 24.3 Å². The summed E-state index contributed by atoms with van der Waals surface area (Å²) in [5, 5.41) is 3.40. The highest BCUT2D eigenvalue weighted by molar-refractivity contribution is 6.30. The Kier molecular flexibility index (Phi) is 5.60. The third-order valence-electron chi connectivity index (χ3n) is 2.84. The van der Waals surface area contributed by atoms with Crippen molar-refractivity contribution in [1.82, 2.24) is 5.32 Å². The standard InChI is InChI=1S/C16H17ClN2O2/c17-14-3-1-2-12(10-14)11-21-15-6-4-13(5-7-15)16(20)19-9-8-18/h1-7,10H,8-9,11,18H2,(H,19,20). The summed E-state index contributed by atoms with van der Waals surface area (Å²) in [4.78, 5) is 11.7. The van der Waals surface area contributed by atoms with E-state index in [9.17, 15) is 4.79 Å². The van der Waals surface area contributed by atoms with Crippen LogP contribution in [0, 0.1) is 0 Å². The zero-order chi connectivity index (χ0) is 15.1. The molecule has 4 nitrogen and oxygen atoms in total. The van der Waals surface area contributed by atoms with Gasteiger partial charge in [-0.2, -0.15) is 0 Å². The van der Waals surface area contributed by atoms with Gasteiger partial charge >= 0.3 is 0 Å². The van der Waals surface area contributed by atoms with Crippen molar-refractivity contribution in [1.29, 1.82) is 0 Å². The van der Waals surface area contributed by atoms with Crippen LogP contribution in [-0.2, 0) is 6.61 Å². The zero-order valence-corrected chi connectivity index (χ0v) is 12.3. The molecule has 0 bridgehead atoms. The molecule has 2 aromatic rings. The van der Waals surface area contributed by atoms with E-state index in [1.807, 2.05) is 24.3 Å². The maximum Gasteiger partial charge on any atom is 0.251 e. The summed E-state index contributed by atoms with van der Waals surface area (Å²) in [6, 6.07) is 14.5. The zero-order valence-electron chi connectivity index (χ0n) is 11.5. The number of rotatable bonds is 6. The van der Waals surface area contributed by atoms with Crippen molar-refractivity contribution in [3.63, 3.8) is 0 Å². The molecule has 0 aliphatic heterocycles. The molecule has 2 aromatic carbocycles. The third-order valence-corrected chi connectivity index (χ3v) is 3.08. The maximum absolute atomic E-state index is 11.7. The van der Waals surface area contributed by atoms with Gasteiger partial charge in [-0.1, -0.05) is 23.7 Å². The predicted molar refractivity (Wildman–Crippen MR) is 83.6 cm³/mol. The number of carbonyl (C=O) groups excluding carboxylic acids is 1. The van der Waals surface area contributed by atoms with Crippen LogP contribution in [0.5, 0.6) is 5.75 Å². The molecule has 0 atom stereocenters. The Bertz CT molecular complexity index is 599. The molecule has 1 amide bonds. The Hall–Kier alpha value is -2.04. The van der Waals surface area contributed by atoms with Gasteiger partial charge in [-0.05, 0) is 42.0 Å². The Morgan fingerprint density at radius 3 is 2.62 bits per heavy atom. The van der Waals surface area contributed by atoms with Crippen molar-refractivity contribution in [3.8, 4) is 5.75 Å². The smallest absolute Gasteiger partial charge is 0.251 e. The van der Waals surface area contributed by atoms with Gasteiger partial charge in [-0.15, -0.1) is 0 Å². The van der Waals surface area contributed by atoms with Crippen LogP contribution in [0.25, 0.3) is 0 Å². The van der Waals surface area contributed by atoms with Crippen molar-refractivity contribution in [2.45, 2.75) is 6.61 Å². The fraction of sp³-hybridized carbons (Fsp3) is 0.188. The average Bonchev–Trinajstić information content (AvgIpc) is 2.51. The summed E-state index contributed by atoms with van der Waals surface area (Å²) in [5.74, 6) is 0.562. The monoisotopic (exact) mass is 304 g/mol. The van der Waals surface area contributed by atoms with Crippen LogP contribution in [0.1, 0.15) is 15.9 Å². The summed E-state index contributed by atoms with van der Waals surface area (Å²) < 4.78 is 5.65. The Labute approximate surface area is 128 Å². The quantitative estimate of drug-likeness (QED) is 0.862. The number of hydrogen-bond donors (Lipinski definition) is 2. The van der Waals surface area contributed by atoms with Gasteiger partial charge in [-0.25, -0.2) is 0 Å². The van der Waals surface area contributed by atoms with Crippen molar-refractivity contribution in [2.24, 2.45) is 5.73 Å². The molecular formula is C16H17ClN2O2. The van der Waals surface area contributed by atoms with Crippen LogP contribution in [0.15, 0.2) is 48.5 Å². The van der Waals surface area contributed by atoms with E-state index in [0.717, 1.165) is 5.56 Å². The summed E-state index contributed by atoms with van der Waals surface area (Å²) >= 11 is 5.91. The fourth-order valence-electron chi connectivity index (χ4n) is 1.78. The number of amides is 1. The fourth-order valence-corrected chi connectivity index (χ4v) is 2.00. The topological polar surface area (TPSA) is 64.3 Å². The van der Waals surface area contributed by atoms with E-state index in [2.05, 4.69) is 5.32 Å². The molecule has 3 N–H and O–H groups in total. The van der Waals surface area contributed by atoms with Gasteiger partial charge in [0.15, 0.2) is 0 Å². The van der Waals surface area contributed by atoms with Gasteiger partial charge in [0.1, 0.15) is 12.4 Å². The lowest BCUT2D eigenvalue weighted by molar-refractivity contribution is 0.0954. The number of nitrogens with one attached hydrogen (secondary N) is 1. The van der Waals surface area contributed by atoms with Crippen LogP contribution in [-0.4, -0.2) is 19.0 Å². The molecule has 5 heteroatoms. The van der Waals surface area contributed by atoms with Crippen molar-refractivity contribution < 1.29 is 9.53 Å². The number of carbonyl (C=O) groups is 1. The Morgan fingerprint density at radius 1 is 1.19 bits per heavy atom. The molecule has 0 aromatic heterocycles. The lowest BCUT2D eigenvalue weighted by atomic mass is 10.2. The van der Waals surface area contributed by atoms with Crippen LogP contribution in [0.2, 0.25) is 5.02 Å². The first-order valence-corrected chi connectivity index (χ1v) is 7.02. The molecule has 0 saturated heterocycles. The highest BCUT2D eigenvalue weighted by Crippen LogP contribution is 2.16. The third kappa shape index (κ3) is 4.77. The summed E-state index contributed by atoms with van der Waals surface area (Å²) in [6.45, 7) is 1.32. The van der Waals surface area contributed by atoms with Crippen molar-refractivity contribution in [3.05, 3.63) is 64.7 Å². The van der Waals surface area contributed by atoms with E-state index in [1.165, 1.54) is 0 Å². The largest absolute Gasteiger partial charge is 0.489 e. The second-order valence-electron chi connectivity index (χ2n) is 4.49. The lowest BCUT2D eigenvalue weighted by Gasteiger charge is -2.08. The van der Waals surface area contributed by atoms with Gasteiger partial charge in [-0.3, -0.25) is 4.79 Å². The number of ether oxygens (including phenoxy) is 1. The SMILES string of the molecule is NCCNC(=O)c1ccc(OCc2cccc(Cl)c2)cc1. The molecule has 0 unspecified atom stereocenters. The van der Waals surface area contributed by atoms with Crippen molar-refractivity contribution in [2.75, 3.05) is 13.1 Å². The number of benzene rings is 2. The average molecular weight is 305 g/mol. The molecule has 21 heavy (non-hydrogen) atoms. The summed E-state index contributed by atoms with van der Waals surface area (Å²) in [6.07, 6.45) is 0.